The van der Waals surface area contributed by atoms with Crippen LogP contribution in [-0.2, 0) is 10.2 Å². The van der Waals surface area contributed by atoms with E-state index in [0.29, 0.717) is 12.0 Å². The standard InChI is InChI=1S/C20H17NO4/c22-19(23)18-17(13-6-2-1-3-7-13)14-10-11-20(18,12-14)15-8-4-5-9-16(15)21(24)25/h1-11,14,17-18H,12H2,(H,22,23). The molecule has 0 aliphatic heterocycles. The predicted molar refractivity (Wildman–Crippen MR) is 92.3 cm³/mol. The molecule has 0 radical (unpaired) electrons. The van der Waals surface area contributed by atoms with E-state index >= 15 is 0 Å². The van der Waals surface area contributed by atoms with Gasteiger partial charge in [0.1, 0.15) is 0 Å². The van der Waals surface area contributed by atoms with Gasteiger partial charge in [-0.25, -0.2) is 0 Å². The maximum Gasteiger partial charge on any atom is 0.308 e. The fraction of sp³-hybridized carbons (Fsp3) is 0.250. The number of allylic oxidation sites excluding steroid dienone is 2. The van der Waals surface area contributed by atoms with Gasteiger partial charge in [-0.2, -0.15) is 0 Å². The highest BCUT2D eigenvalue weighted by Crippen LogP contribution is 2.62. The van der Waals surface area contributed by atoms with Gasteiger partial charge in [0.25, 0.3) is 5.69 Å². The summed E-state index contributed by atoms with van der Waals surface area (Å²) in [6, 6.07) is 16.1. The fourth-order valence-corrected chi connectivity index (χ4v) is 4.75. The summed E-state index contributed by atoms with van der Waals surface area (Å²) in [5, 5.41) is 21.5. The minimum Gasteiger partial charge on any atom is -0.481 e. The minimum absolute atomic E-state index is 0.00670. The van der Waals surface area contributed by atoms with Crippen molar-refractivity contribution in [2.45, 2.75) is 17.8 Å². The van der Waals surface area contributed by atoms with E-state index in [1.54, 1.807) is 18.2 Å². The van der Waals surface area contributed by atoms with Gasteiger partial charge >= 0.3 is 5.97 Å². The highest BCUT2D eigenvalue weighted by molar-refractivity contribution is 5.77. The van der Waals surface area contributed by atoms with E-state index in [1.165, 1.54) is 6.07 Å². The van der Waals surface area contributed by atoms with Gasteiger partial charge in [0.15, 0.2) is 0 Å². The summed E-state index contributed by atoms with van der Waals surface area (Å²) in [5.74, 6) is -1.73. The maximum absolute atomic E-state index is 12.2. The highest BCUT2D eigenvalue weighted by Gasteiger charge is 2.60. The van der Waals surface area contributed by atoms with E-state index in [0.717, 1.165) is 5.56 Å². The minimum atomic E-state index is -0.904. The number of para-hydroxylation sites is 1. The Hall–Kier alpha value is -2.95. The van der Waals surface area contributed by atoms with Gasteiger partial charge in [0.2, 0.25) is 0 Å². The van der Waals surface area contributed by atoms with Crippen LogP contribution in [0.25, 0.3) is 0 Å². The second kappa shape index (κ2) is 5.55. The van der Waals surface area contributed by atoms with Gasteiger partial charge in [0.05, 0.1) is 10.8 Å². The Morgan fingerprint density at radius 3 is 2.48 bits per heavy atom. The van der Waals surface area contributed by atoms with E-state index in [9.17, 15) is 20.0 Å². The van der Waals surface area contributed by atoms with Gasteiger partial charge in [-0.1, -0.05) is 60.7 Å². The average molecular weight is 335 g/mol. The third-order valence-electron chi connectivity index (χ3n) is 5.64. The monoisotopic (exact) mass is 335 g/mol. The number of fused-ring (bicyclic) bond motifs is 2. The number of benzene rings is 2. The summed E-state index contributed by atoms with van der Waals surface area (Å²) in [4.78, 5) is 23.3. The third-order valence-corrected chi connectivity index (χ3v) is 5.64. The molecule has 0 amide bonds. The molecule has 2 aliphatic rings. The van der Waals surface area contributed by atoms with Crippen LogP contribution in [0, 0.1) is 22.0 Å². The normalized spacial score (nSPS) is 29.7. The van der Waals surface area contributed by atoms with E-state index in [2.05, 4.69) is 0 Å². The Morgan fingerprint density at radius 1 is 1.12 bits per heavy atom. The number of hydrogen-bond donors (Lipinski definition) is 1. The molecule has 1 fully saturated rings. The number of nitro benzene ring substituents is 1. The molecule has 5 heteroatoms. The molecular weight excluding hydrogens is 318 g/mol. The number of nitro groups is 1. The molecule has 1 saturated carbocycles. The Bertz CT molecular complexity index is 876. The van der Waals surface area contributed by atoms with Gasteiger partial charge in [-0.3, -0.25) is 14.9 Å². The second-order valence-corrected chi connectivity index (χ2v) is 6.79. The second-order valence-electron chi connectivity index (χ2n) is 6.79. The maximum atomic E-state index is 12.2. The zero-order chi connectivity index (χ0) is 17.6. The number of rotatable bonds is 4. The van der Waals surface area contributed by atoms with E-state index in [4.69, 9.17) is 0 Å². The average Bonchev–Trinajstić information content (AvgIpc) is 3.20. The molecule has 5 nitrogen and oxygen atoms in total. The van der Waals surface area contributed by atoms with Gasteiger partial charge in [-0.15, -0.1) is 0 Å². The van der Waals surface area contributed by atoms with Crippen molar-refractivity contribution in [2.75, 3.05) is 0 Å². The molecule has 25 heavy (non-hydrogen) atoms. The number of hydrogen-bond acceptors (Lipinski definition) is 3. The van der Waals surface area contributed by atoms with Gasteiger partial charge in [-0.05, 0) is 17.9 Å². The van der Waals surface area contributed by atoms with E-state index in [-0.39, 0.29) is 17.5 Å². The molecule has 2 aliphatic carbocycles. The molecule has 4 rings (SSSR count). The Labute approximate surface area is 144 Å². The van der Waals surface area contributed by atoms with Crippen molar-refractivity contribution < 1.29 is 14.8 Å². The van der Waals surface area contributed by atoms with Crippen molar-refractivity contribution in [2.24, 2.45) is 11.8 Å². The molecular formula is C20H17NO4. The molecule has 0 aromatic heterocycles. The largest absolute Gasteiger partial charge is 0.481 e. The molecule has 0 heterocycles. The van der Waals surface area contributed by atoms with Crippen molar-refractivity contribution in [3.8, 4) is 0 Å². The molecule has 2 aromatic rings. The first-order chi connectivity index (χ1) is 12.0. The number of carboxylic acids is 1. The molecule has 0 spiro atoms. The summed E-state index contributed by atoms with van der Waals surface area (Å²) in [7, 11) is 0. The van der Waals surface area contributed by atoms with Crippen molar-refractivity contribution in [1.29, 1.82) is 0 Å². The van der Waals surface area contributed by atoms with Crippen LogP contribution in [0.4, 0.5) is 5.69 Å². The number of carboxylic acid groups (broad SMARTS) is 1. The highest BCUT2D eigenvalue weighted by atomic mass is 16.6. The molecule has 126 valence electrons. The van der Waals surface area contributed by atoms with Crippen LogP contribution in [0.5, 0.6) is 0 Å². The number of nitrogens with zero attached hydrogens (tertiary/aromatic N) is 1. The zero-order valence-corrected chi connectivity index (χ0v) is 13.4. The van der Waals surface area contributed by atoms with Crippen LogP contribution in [-0.4, -0.2) is 16.0 Å². The fourth-order valence-electron chi connectivity index (χ4n) is 4.75. The molecule has 2 bridgehead atoms. The zero-order valence-electron chi connectivity index (χ0n) is 13.4. The predicted octanol–water partition coefficient (Wildman–Crippen LogP) is 3.91. The summed E-state index contributed by atoms with van der Waals surface area (Å²) in [6.07, 6.45) is 4.51. The summed E-state index contributed by atoms with van der Waals surface area (Å²) in [6.45, 7) is 0. The van der Waals surface area contributed by atoms with Crippen LogP contribution in [0.2, 0.25) is 0 Å². The van der Waals surface area contributed by atoms with Crippen molar-refractivity contribution in [3.63, 3.8) is 0 Å². The Morgan fingerprint density at radius 2 is 1.80 bits per heavy atom. The Balaban J connectivity index is 1.90. The lowest BCUT2D eigenvalue weighted by atomic mass is 9.67. The lowest BCUT2D eigenvalue weighted by Crippen LogP contribution is -2.37. The Kier molecular flexibility index (Phi) is 3.46. The number of aliphatic carboxylic acids is 1. The van der Waals surface area contributed by atoms with Crippen LogP contribution in [0.3, 0.4) is 0 Å². The SMILES string of the molecule is O=C(O)C1C(c2ccccc2)C2C=CC1(c1ccccc1[N+](=O)[O-])C2. The molecule has 2 aromatic carbocycles. The van der Waals surface area contributed by atoms with E-state index in [1.807, 2.05) is 42.5 Å². The first-order valence-corrected chi connectivity index (χ1v) is 8.25. The molecule has 4 atom stereocenters. The van der Waals surface area contributed by atoms with E-state index < -0.39 is 22.2 Å². The van der Waals surface area contributed by atoms with Crippen molar-refractivity contribution in [1.82, 2.24) is 0 Å². The topological polar surface area (TPSA) is 80.4 Å². The summed E-state index contributed by atoms with van der Waals surface area (Å²) in [5.41, 5.74) is 0.641. The quantitative estimate of drug-likeness (QED) is 0.522. The molecule has 4 unspecified atom stereocenters. The van der Waals surface area contributed by atoms with Crippen LogP contribution in [0.15, 0.2) is 66.7 Å². The lowest BCUT2D eigenvalue weighted by Gasteiger charge is -2.33. The van der Waals surface area contributed by atoms with Crippen LogP contribution >= 0.6 is 0 Å². The molecule has 0 saturated heterocycles. The smallest absolute Gasteiger partial charge is 0.308 e. The molecule has 1 N–H and O–H groups in total. The van der Waals surface area contributed by atoms with Gasteiger partial charge in [0, 0.05) is 23.0 Å². The first kappa shape index (κ1) is 15.6. The third kappa shape index (κ3) is 2.19. The van der Waals surface area contributed by atoms with Crippen LogP contribution < -0.4 is 0 Å². The van der Waals surface area contributed by atoms with Crippen molar-refractivity contribution in [3.05, 3.63) is 88.0 Å². The lowest BCUT2D eigenvalue weighted by molar-refractivity contribution is -0.386. The number of carbonyl (C=O) groups is 1. The van der Waals surface area contributed by atoms with Crippen LogP contribution in [0.1, 0.15) is 23.5 Å². The first-order valence-electron chi connectivity index (χ1n) is 8.25. The summed E-state index contributed by atoms with van der Waals surface area (Å²) >= 11 is 0. The van der Waals surface area contributed by atoms with Gasteiger partial charge < -0.3 is 5.11 Å². The van der Waals surface area contributed by atoms with Crippen molar-refractivity contribution >= 4 is 11.7 Å². The summed E-state index contributed by atoms with van der Waals surface area (Å²) < 4.78 is 0.